The van der Waals surface area contributed by atoms with Gasteiger partial charge in [-0.15, -0.1) is 5.73 Å². The monoisotopic (exact) mass is 1440 g/mol. The molecule has 0 bridgehead atoms. The summed E-state index contributed by atoms with van der Waals surface area (Å²) >= 11 is 39.3. The maximum Gasteiger partial charge on any atom is 0.281 e. The lowest BCUT2D eigenvalue weighted by atomic mass is 9.76. The Balaban J connectivity index is 1.04. The molecule has 2 unspecified atom stereocenters. The van der Waals surface area contributed by atoms with Crippen molar-refractivity contribution in [3.8, 4) is 28.6 Å². The van der Waals surface area contributed by atoms with Crippen molar-refractivity contribution in [1.82, 2.24) is 19.6 Å². The molecule has 0 spiro atoms. The average molecular weight is 1440 g/mol. The molecule has 6 N–H and O–H groups in total. The van der Waals surface area contributed by atoms with Gasteiger partial charge in [0, 0.05) is 50.6 Å². The van der Waals surface area contributed by atoms with Crippen molar-refractivity contribution in [2.75, 3.05) is 34.7 Å². The number of halogens is 6. The first-order chi connectivity index (χ1) is 45.9. The van der Waals surface area contributed by atoms with E-state index in [1.807, 2.05) is 32.0 Å². The summed E-state index contributed by atoms with van der Waals surface area (Å²) in [6.07, 6.45) is 5.85. The zero-order valence-corrected chi connectivity index (χ0v) is 61.8. The fraction of sp³-hybridized carbons (Fsp3) is 0.373. The number of rotatable bonds is 30. The van der Waals surface area contributed by atoms with Crippen LogP contribution in [0.3, 0.4) is 0 Å². The Bertz CT molecular complexity index is 4320. The van der Waals surface area contributed by atoms with Crippen molar-refractivity contribution < 1.29 is 28.5 Å². The summed E-state index contributed by atoms with van der Waals surface area (Å²) in [7, 11) is 0. The van der Waals surface area contributed by atoms with Gasteiger partial charge in [-0.3, -0.25) is 29.4 Å². The van der Waals surface area contributed by atoms with E-state index >= 15 is 0 Å². The van der Waals surface area contributed by atoms with Crippen LogP contribution >= 0.6 is 69.6 Å². The predicted octanol–water partition coefficient (Wildman–Crippen LogP) is 20.3. The van der Waals surface area contributed by atoms with Gasteiger partial charge in [0.15, 0.2) is 12.8 Å². The number of nitrogens with zero attached hydrogens (tertiary/aromatic N) is 2. The number of hydrogen-bond acceptors (Lipinski definition) is 10. The van der Waals surface area contributed by atoms with Crippen LogP contribution in [0.1, 0.15) is 179 Å². The van der Waals surface area contributed by atoms with Crippen LogP contribution in [0, 0.1) is 0 Å². The zero-order chi connectivity index (χ0) is 70.9. The van der Waals surface area contributed by atoms with Crippen LogP contribution in [0.15, 0.2) is 125 Å². The smallest absolute Gasteiger partial charge is 0.281 e. The number of aromatic amines is 2. The van der Waals surface area contributed by atoms with Gasteiger partial charge in [0.2, 0.25) is 6.29 Å². The second-order valence-corrected chi connectivity index (χ2v) is 28.8. The summed E-state index contributed by atoms with van der Waals surface area (Å²) in [4.78, 5) is 57.6. The van der Waals surface area contributed by atoms with E-state index in [1.165, 1.54) is 53.6 Å². The lowest BCUT2D eigenvalue weighted by molar-refractivity contribution is -0.122. The van der Waals surface area contributed by atoms with Gasteiger partial charge >= 0.3 is 0 Å². The highest BCUT2D eigenvalue weighted by Gasteiger charge is 2.31. The molecular formula is C75H86Cl6N8O8. The molecule has 8 aromatic rings. The van der Waals surface area contributed by atoms with E-state index in [-0.39, 0.29) is 105 Å². The molecule has 6 aromatic carbocycles. The molecule has 0 saturated carbocycles. The number of H-pyrrole nitrogens is 2. The summed E-state index contributed by atoms with van der Waals surface area (Å²) in [6.45, 7) is 30.2. The van der Waals surface area contributed by atoms with E-state index in [0.717, 1.165) is 51.9 Å². The zero-order valence-electron chi connectivity index (χ0n) is 57.3. The first kappa shape index (κ1) is 75.3. The molecule has 0 saturated heterocycles. The van der Waals surface area contributed by atoms with E-state index in [2.05, 4.69) is 151 Å². The molecule has 8 rings (SSSR count). The van der Waals surface area contributed by atoms with Crippen molar-refractivity contribution >= 4 is 117 Å². The van der Waals surface area contributed by atoms with Crippen molar-refractivity contribution in [1.29, 1.82) is 0 Å². The van der Waals surface area contributed by atoms with Crippen LogP contribution < -0.4 is 46.6 Å². The Morgan fingerprint density at radius 2 is 1.02 bits per heavy atom. The van der Waals surface area contributed by atoms with Gasteiger partial charge in [0.25, 0.3) is 22.9 Å². The molecular weight excluding hydrogens is 1350 g/mol. The minimum atomic E-state index is -0.880. The molecule has 22 heteroatoms. The van der Waals surface area contributed by atoms with Gasteiger partial charge in [-0.1, -0.05) is 203 Å². The topological polar surface area (TPSA) is 195 Å². The van der Waals surface area contributed by atoms with Crippen LogP contribution in [-0.4, -0.2) is 57.2 Å². The van der Waals surface area contributed by atoms with Crippen LogP contribution in [0.4, 0.5) is 23.0 Å². The van der Waals surface area contributed by atoms with E-state index in [4.69, 9.17) is 88.6 Å². The minimum absolute atomic E-state index is 0.00714. The largest absolute Gasteiger partial charge is 0.480 e. The van der Waals surface area contributed by atoms with Crippen molar-refractivity contribution in [3.63, 3.8) is 0 Å². The molecule has 0 aliphatic rings. The second-order valence-electron chi connectivity index (χ2n) is 26.3. The van der Waals surface area contributed by atoms with Crippen LogP contribution in [-0.2, 0) is 31.2 Å². The number of hydrogen-bond donors (Lipinski definition) is 6. The van der Waals surface area contributed by atoms with E-state index < -0.39 is 35.3 Å². The Morgan fingerprint density at radius 3 is 1.53 bits per heavy atom. The Kier molecular flexibility index (Phi) is 24.8. The number of ether oxygens (including phenoxy) is 4. The Labute approximate surface area is 598 Å². The van der Waals surface area contributed by atoms with Gasteiger partial charge in [-0.05, 0) is 144 Å². The average Bonchev–Trinajstić information content (AvgIpc) is 1.15. The lowest BCUT2D eigenvalue weighted by Crippen LogP contribution is -2.33. The van der Waals surface area contributed by atoms with Gasteiger partial charge in [-0.2, -0.15) is 0 Å². The highest BCUT2D eigenvalue weighted by molar-refractivity contribution is 6.41. The molecule has 0 aliphatic heterocycles. The number of carbonyl (C=O) groups excluding carboxylic acids is 2. The molecule has 2 atom stereocenters. The highest BCUT2D eigenvalue weighted by atomic mass is 35.5. The quantitative estimate of drug-likeness (QED) is 0.0186. The van der Waals surface area contributed by atoms with E-state index in [0.29, 0.717) is 35.7 Å². The van der Waals surface area contributed by atoms with Crippen molar-refractivity contribution in [2.45, 2.75) is 170 Å². The molecule has 16 nitrogen and oxygen atoms in total. The Morgan fingerprint density at radius 1 is 0.536 bits per heavy atom. The van der Waals surface area contributed by atoms with Gasteiger partial charge in [0.1, 0.15) is 47.0 Å². The molecule has 0 fully saturated rings. The van der Waals surface area contributed by atoms with E-state index in [9.17, 15) is 19.2 Å². The van der Waals surface area contributed by atoms with Crippen LogP contribution in [0.2, 0.25) is 30.1 Å². The maximum absolute atomic E-state index is 14.6. The number of nitrogens with one attached hydrogen (secondary N) is 6. The summed E-state index contributed by atoms with van der Waals surface area (Å²) in [5, 5.41) is 18.7. The van der Waals surface area contributed by atoms with Gasteiger partial charge in [-0.25, -0.2) is 9.36 Å². The van der Waals surface area contributed by atoms with E-state index in [1.54, 1.807) is 30.3 Å². The normalized spacial score (nSPS) is 12.5. The molecule has 0 aliphatic carbocycles. The SMILES string of the molecule is CCC(OCNc1cccc(OCNc2[nH]n(-c3c(Cl)cc(Cl)cc3Cl)c(=O)c2C=C=Cc2c(NC(=O)c3cccc(NC(=O)C(CC)Oc4ccc(C(C)(C)CC)cc4C(C)(C)CC)c3)[nH]n(-c3c(Cl)cc(Cl)cc3Cl)c2=O)c1)Oc1ccc(C(C)(C)CC)cc1C(C)(C)CC. The first-order valence-corrected chi connectivity index (χ1v) is 34.8. The minimum Gasteiger partial charge on any atom is -0.480 e. The molecule has 516 valence electrons. The molecule has 97 heavy (non-hydrogen) atoms. The fourth-order valence-electron chi connectivity index (χ4n) is 10.5. The third-order valence-corrected chi connectivity index (χ3v) is 19.8. The van der Waals surface area contributed by atoms with Crippen molar-refractivity contribution in [3.05, 3.63) is 205 Å². The Hall–Kier alpha value is -7.50. The van der Waals surface area contributed by atoms with Gasteiger partial charge < -0.3 is 40.2 Å². The standard InChI is InChI=1S/C75H86Cl6N8O8/c1-15-60(96-61-32-30-45(72(7,8)17-3)35-54(61)74(11,12)19-5)69(91)84-50-26-21-24-44(34-50)68(90)85-67-53(71(93)89(87-67)65-58(80)39-48(77)40-59(65)81)29-23-28-52-66(86-88(70(52)92)64-56(78)37-47(76)38-57(64)79)83-43-94-51-27-22-25-49(41-51)82-42-95-63(16-2)97-62-33-31-46(73(9,10)18-4)36-55(62)75(13,14)20-6/h21-22,24-41,60,63,82-83,86-87H,15-20,42-43H2,1-14H3,(H,84,91)(H,85,90). The second kappa shape index (κ2) is 32.0. The fourth-order valence-corrected chi connectivity index (χ4v) is 12.4. The van der Waals surface area contributed by atoms with Crippen LogP contribution in [0.5, 0.6) is 17.2 Å². The number of benzene rings is 6. The summed E-state index contributed by atoms with van der Waals surface area (Å²) in [6, 6.07) is 32.0. The number of anilines is 4. The summed E-state index contributed by atoms with van der Waals surface area (Å²) in [5.41, 5.74) is 6.88. The maximum atomic E-state index is 14.6. The predicted molar refractivity (Wildman–Crippen MR) is 399 cm³/mol. The number of carbonyl (C=O) groups is 2. The third-order valence-electron chi connectivity index (χ3n) is 18.3. The van der Waals surface area contributed by atoms with Gasteiger partial charge in [0.05, 0.1) is 31.2 Å². The molecule has 2 heterocycles. The number of amides is 2. The summed E-state index contributed by atoms with van der Waals surface area (Å²) < 4.78 is 27.7. The van der Waals surface area contributed by atoms with Crippen molar-refractivity contribution in [2.24, 2.45) is 0 Å². The molecule has 2 amide bonds. The number of aromatic nitrogens is 4. The lowest BCUT2D eigenvalue weighted by Gasteiger charge is -2.31. The summed E-state index contributed by atoms with van der Waals surface area (Å²) in [5.74, 6) is 0.811. The third kappa shape index (κ3) is 17.9. The first-order valence-electron chi connectivity index (χ1n) is 32.5. The molecule has 0 radical (unpaired) electrons. The highest BCUT2D eigenvalue weighted by Crippen LogP contribution is 2.42. The van der Waals surface area contributed by atoms with Crippen LogP contribution in [0.25, 0.3) is 23.5 Å². The molecule has 2 aromatic heterocycles.